The summed E-state index contributed by atoms with van der Waals surface area (Å²) < 4.78 is 5.63. The quantitative estimate of drug-likeness (QED) is 0.673. The smallest absolute Gasteiger partial charge is 0.320 e. The molecule has 2 saturated heterocycles. The lowest BCUT2D eigenvalue weighted by Gasteiger charge is -2.40. The molecule has 1 atom stereocenters. The van der Waals surface area contributed by atoms with Gasteiger partial charge in [-0.25, -0.2) is 0 Å². The number of amides is 1. The van der Waals surface area contributed by atoms with Crippen molar-refractivity contribution < 1.29 is 19.4 Å². The number of nitrogens with zero attached hydrogens (tertiary/aromatic N) is 2. The predicted molar refractivity (Wildman–Crippen MR) is 72.5 cm³/mol. The second-order valence-corrected chi connectivity index (χ2v) is 5.77. The Bertz CT molecular complexity index is 376. The van der Waals surface area contributed by atoms with E-state index in [-0.39, 0.29) is 18.1 Å². The van der Waals surface area contributed by atoms with Gasteiger partial charge >= 0.3 is 5.97 Å². The number of carboxylic acids is 1. The Kier molecular flexibility index (Phi) is 4.62. The minimum atomic E-state index is -0.821. The van der Waals surface area contributed by atoms with E-state index in [0.29, 0.717) is 26.2 Å². The molecule has 20 heavy (non-hydrogen) atoms. The van der Waals surface area contributed by atoms with Gasteiger partial charge < -0.3 is 20.1 Å². The Morgan fingerprint density at radius 1 is 1.30 bits per heavy atom. The molecule has 2 N–H and O–H groups in total. The van der Waals surface area contributed by atoms with Crippen molar-refractivity contribution in [1.29, 1.82) is 0 Å². The highest BCUT2D eigenvalue weighted by molar-refractivity contribution is 5.77. The van der Waals surface area contributed by atoms with Crippen LogP contribution in [0.4, 0.5) is 0 Å². The molecular weight excluding hydrogens is 262 g/mol. The molecule has 1 unspecified atom stereocenters. The van der Waals surface area contributed by atoms with Gasteiger partial charge in [0.2, 0.25) is 5.91 Å². The minimum Gasteiger partial charge on any atom is -0.480 e. The van der Waals surface area contributed by atoms with Crippen LogP contribution in [0, 0.1) is 0 Å². The topological polar surface area (TPSA) is 82.1 Å². The van der Waals surface area contributed by atoms with E-state index in [2.05, 4.69) is 5.32 Å². The van der Waals surface area contributed by atoms with Crippen LogP contribution in [0.1, 0.15) is 13.8 Å². The summed E-state index contributed by atoms with van der Waals surface area (Å²) in [4.78, 5) is 26.6. The number of piperazine rings is 1. The summed E-state index contributed by atoms with van der Waals surface area (Å²) in [6, 6.07) is -0.497. The lowest BCUT2D eigenvalue weighted by Crippen LogP contribution is -2.60. The van der Waals surface area contributed by atoms with Crippen molar-refractivity contribution >= 4 is 11.9 Å². The molecule has 2 aliphatic rings. The first-order valence-corrected chi connectivity index (χ1v) is 7.01. The van der Waals surface area contributed by atoms with E-state index in [4.69, 9.17) is 9.84 Å². The average Bonchev–Trinajstić information content (AvgIpc) is 2.42. The second-order valence-electron chi connectivity index (χ2n) is 5.77. The fourth-order valence-corrected chi connectivity index (χ4v) is 2.42. The highest BCUT2D eigenvalue weighted by atomic mass is 16.5. The molecule has 2 fully saturated rings. The van der Waals surface area contributed by atoms with E-state index in [1.54, 1.807) is 11.8 Å². The fraction of sp³-hybridized carbons (Fsp3) is 0.846. The summed E-state index contributed by atoms with van der Waals surface area (Å²) in [5, 5.41) is 12.1. The molecule has 0 spiro atoms. The Labute approximate surface area is 118 Å². The molecule has 2 rings (SSSR count). The zero-order valence-corrected chi connectivity index (χ0v) is 12.1. The van der Waals surface area contributed by atoms with Crippen molar-refractivity contribution in [1.82, 2.24) is 15.1 Å². The maximum absolute atomic E-state index is 12.0. The molecule has 2 aliphatic heterocycles. The van der Waals surface area contributed by atoms with Crippen LogP contribution in [0.15, 0.2) is 0 Å². The zero-order valence-electron chi connectivity index (χ0n) is 12.1. The summed E-state index contributed by atoms with van der Waals surface area (Å²) in [5.74, 6) is -0.834. The van der Waals surface area contributed by atoms with E-state index in [0.717, 1.165) is 13.1 Å². The highest BCUT2D eigenvalue weighted by Gasteiger charge is 2.34. The number of carbonyl (C=O) groups is 2. The van der Waals surface area contributed by atoms with Crippen molar-refractivity contribution in [3.8, 4) is 0 Å². The van der Waals surface area contributed by atoms with Crippen molar-refractivity contribution in [3.05, 3.63) is 0 Å². The standard InChI is InChI=1S/C13H23N3O4/c1-10(12(18)19)15-3-5-16(6-4-15)11(17)7-20-13(2)8-14-9-13/h10,14H,3-9H2,1-2H3,(H,18,19). The van der Waals surface area contributed by atoms with Gasteiger partial charge in [-0.1, -0.05) is 0 Å². The first-order valence-electron chi connectivity index (χ1n) is 7.01. The number of hydrogen-bond donors (Lipinski definition) is 2. The summed E-state index contributed by atoms with van der Waals surface area (Å²) in [6.07, 6.45) is 0. The normalized spacial score (nSPS) is 24.0. The first kappa shape index (κ1) is 15.2. The Hall–Kier alpha value is -1.18. The minimum absolute atomic E-state index is 0.0132. The maximum atomic E-state index is 12.0. The molecule has 2 heterocycles. The van der Waals surface area contributed by atoms with Gasteiger partial charge in [0.1, 0.15) is 12.6 Å². The van der Waals surface area contributed by atoms with Crippen molar-refractivity contribution in [2.75, 3.05) is 45.9 Å². The Morgan fingerprint density at radius 2 is 1.90 bits per heavy atom. The maximum Gasteiger partial charge on any atom is 0.320 e. The molecule has 0 aromatic heterocycles. The van der Waals surface area contributed by atoms with E-state index in [9.17, 15) is 9.59 Å². The van der Waals surface area contributed by atoms with Crippen LogP contribution in [-0.2, 0) is 14.3 Å². The molecule has 0 saturated carbocycles. The van der Waals surface area contributed by atoms with E-state index in [1.165, 1.54) is 0 Å². The number of aliphatic carboxylic acids is 1. The van der Waals surface area contributed by atoms with Crippen LogP contribution >= 0.6 is 0 Å². The fourth-order valence-electron chi connectivity index (χ4n) is 2.42. The van der Waals surface area contributed by atoms with E-state index >= 15 is 0 Å². The number of hydrogen-bond acceptors (Lipinski definition) is 5. The third-order valence-electron chi connectivity index (χ3n) is 4.11. The third kappa shape index (κ3) is 3.47. The number of ether oxygens (including phenoxy) is 1. The van der Waals surface area contributed by atoms with E-state index in [1.807, 2.05) is 11.8 Å². The van der Waals surface area contributed by atoms with Gasteiger partial charge in [0.25, 0.3) is 0 Å². The predicted octanol–water partition coefficient (Wildman–Crippen LogP) is -1.02. The van der Waals surface area contributed by atoms with E-state index < -0.39 is 12.0 Å². The molecule has 0 aromatic rings. The number of rotatable bonds is 5. The third-order valence-corrected chi connectivity index (χ3v) is 4.11. The van der Waals surface area contributed by atoms with Crippen LogP contribution < -0.4 is 5.32 Å². The van der Waals surface area contributed by atoms with Gasteiger partial charge in [0, 0.05) is 39.3 Å². The Balaban J connectivity index is 1.72. The van der Waals surface area contributed by atoms with Crippen molar-refractivity contribution in [3.63, 3.8) is 0 Å². The van der Waals surface area contributed by atoms with Crippen LogP contribution in [0.25, 0.3) is 0 Å². The van der Waals surface area contributed by atoms with Gasteiger partial charge in [-0.2, -0.15) is 0 Å². The van der Waals surface area contributed by atoms with Crippen molar-refractivity contribution in [2.45, 2.75) is 25.5 Å². The van der Waals surface area contributed by atoms with Gasteiger partial charge in [-0.05, 0) is 13.8 Å². The number of carboxylic acid groups (broad SMARTS) is 1. The molecule has 1 amide bonds. The summed E-state index contributed by atoms with van der Waals surface area (Å²) >= 11 is 0. The van der Waals surface area contributed by atoms with Gasteiger partial charge in [0.05, 0.1) is 5.60 Å². The molecular formula is C13H23N3O4. The van der Waals surface area contributed by atoms with Crippen LogP contribution in [0.3, 0.4) is 0 Å². The monoisotopic (exact) mass is 285 g/mol. The number of nitrogens with one attached hydrogen (secondary N) is 1. The zero-order chi connectivity index (χ0) is 14.8. The highest BCUT2D eigenvalue weighted by Crippen LogP contribution is 2.15. The van der Waals surface area contributed by atoms with Crippen LogP contribution in [0.2, 0.25) is 0 Å². The SMILES string of the molecule is CC(C(=O)O)N1CCN(C(=O)COC2(C)CNC2)CC1. The van der Waals surface area contributed by atoms with Gasteiger partial charge in [-0.3, -0.25) is 14.5 Å². The number of carbonyl (C=O) groups excluding carboxylic acids is 1. The molecule has 114 valence electrons. The molecule has 0 radical (unpaired) electrons. The van der Waals surface area contributed by atoms with Gasteiger partial charge in [0.15, 0.2) is 0 Å². The second kappa shape index (κ2) is 6.07. The summed E-state index contributed by atoms with van der Waals surface area (Å²) in [7, 11) is 0. The molecule has 7 heteroatoms. The Morgan fingerprint density at radius 3 is 2.35 bits per heavy atom. The first-order chi connectivity index (χ1) is 9.41. The van der Waals surface area contributed by atoms with Crippen molar-refractivity contribution in [2.24, 2.45) is 0 Å². The van der Waals surface area contributed by atoms with Crippen LogP contribution in [0.5, 0.6) is 0 Å². The molecule has 0 bridgehead atoms. The summed E-state index contributed by atoms with van der Waals surface area (Å²) in [6.45, 7) is 7.65. The molecule has 0 aliphatic carbocycles. The molecule has 7 nitrogen and oxygen atoms in total. The summed E-state index contributed by atoms with van der Waals surface area (Å²) in [5.41, 5.74) is -0.213. The lowest BCUT2D eigenvalue weighted by molar-refractivity contribution is -0.149. The lowest BCUT2D eigenvalue weighted by atomic mass is 10.0. The largest absolute Gasteiger partial charge is 0.480 e. The van der Waals surface area contributed by atoms with Crippen LogP contribution in [-0.4, -0.2) is 84.3 Å². The van der Waals surface area contributed by atoms with Gasteiger partial charge in [-0.15, -0.1) is 0 Å². The molecule has 0 aromatic carbocycles. The average molecular weight is 285 g/mol.